The number of aromatic carboxylic acids is 1. The van der Waals surface area contributed by atoms with E-state index in [2.05, 4.69) is 4.98 Å². The molecule has 0 spiro atoms. The van der Waals surface area contributed by atoms with Crippen LogP contribution in [-0.4, -0.2) is 20.5 Å². The van der Waals surface area contributed by atoms with Gasteiger partial charge in [-0.05, 0) is 48.4 Å². The number of hydrogen-bond acceptors (Lipinski definition) is 2. The molecule has 2 heterocycles. The molecule has 0 saturated carbocycles. The van der Waals surface area contributed by atoms with Crippen LogP contribution < -0.4 is 0 Å². The van der Waals surface area contributed by atoms with Gasteiger partial charge in [-0.3, -0.25) is 4.40 Å². The van der Waals surface area contributed by atoms with Gasteiger partial charge < -0.3 is 5.11 Å². The first-order chi connectivity index (χ1) is 13.8. The Morgan fingerprint density at radius 3 is 2.52 bits per heavy atom. The highest BCUT2D eigenvalue weighted by Gasteiger charge is 2.40. The number of nitrogens with zero attached hydrogens (tertiary/aromatic N) is 2. The summed E-state index contributed by atoms with van der Waals surface area (Å²) in [6.07, 6.45) is 3.04. The van der Waals surface area contributed by atoms with Crippen LogP contribution in [0.2, 0.25) is 5.02 Å². The van der Waals surface area contributed by atoms with Crippen molar-refractivity contribution in [2.75, 3.05) is 0 Å². The molecule has 0 fully saturated rings. The van der Waals surface area contributed by atoms with E-state index in [4.69, 9.17) is 16.7 Å². The van der Waals surface area contributed by atoms with Crippen molar-refractivity contribution < 1.29 is 18.7 Å². The highest BCUT2D eigenvalue weighted by Crippen LogP contribution is 2.43. The number of hydrogen-bond donors (Lipinski definition) is 1. The van der Waals surface area contributed by atoms with E-state index >= 15 is 8.78 Å². The van der Waals surface area contributed by atoms with E-state index in [9.17, 15) is 4.79 Å². The second kappa shape index (κ2) is 6.97. The number of rotatable bonds is 4. The van der Waals surface area contributed by atoms with E-state index < -0.39 is 11.9 Å². The molecule has 0 radical (unpaired) electrons. The Morgan fingerprint density at radius 2 is 1.86 bits per heavy atom. The number of aryl methyl sites for hydroxylation is 1. The Morgan fingerprint density at radius 1 is 1.14 bits per heavy atom. The second-order valence-electron chi connectivity index (χ2n) is 6.65. The van der Waals surface area contributed by atoms with Gasteiger partial charge in [-0.1, -0.05) is 35.9 Å². The summed E-state index contributed by atoms with van der Waals surface area (Å²) in [7, 11) is 0. The Labute approximate surface area is 170 Å². The predicted octanol–water partition coefficient (Wildman–Crippen LogP) is 5.80. The molecule has 7 heteroatoms. The predicted molar refractivity (Wildman–Crippen MR) is 107 cm³/mol. The Balaban J connectivity index is 1.94. The second-order valence-corrected chi connectivity index (χ2v) is 7.05. The monoisotopic (exact) mass is 412 g/mol. The Kier molecular flexibility index (Phi) is 4.59. The molecule has 0 atom stereocenters. The lowest BCUT2D eigenvalue weighted by Gasteiger charge is -2.20. The summed E-state index contributed by atoms with van der Waals surface area (Å²) in [5, 5.41) is 9.07. The van der Waals surface area contributed by atoms with Crippen LogP contribution in [0.25, 0.3) is 16.8 Å². The van der Waals surface area contributed by atoms with Gasteiger partial charge in [0.05, 0.1) is 16.3 Å². The fourth-order valence-corrected chi connectivity index (χ4v) is 3.78. The summed E-state index contributed by atoms with van der Waals surface area (Å²) < 4.78 is 32.6. The van der Waals surface area contributed by atoms with Gasteiger partial charge in [0.25, 0.3) is 0 Å². The van der Waals surface area contributed by atoms with Crippen LogP contribution in [0.5, 0.6) is 0 Å². The lowest BCUT2D eigenvalue weighted by Crippen LogP contribution is -2.19. The van der Waals surface area contributed by atoms with Crippen LogP contribution in [0.1, 0.15) is 27.2 Å². The number of carboxylic acids is 1. The highest BCUT2D eigenvalue weighted by atomic mass is 35.5. The van der Waals surface area contributed by atoms with E-state index in [1.165, 1.54) is 41.1 Å². The summed E-state index contributed by atoms with van der Waals surface area (Å²) in [4.78, 5) is 15.4. The quantitative estimate of drug-likeness (QED) is 0.460. The molecule has 4 aromatic rings. The maximum absolute atomic E-state index is 15.6. The molecule has 0 aliphatic rings. The molecular weight excluding hydrogens is 398 g/mol. The molecule has 0 saturated heterocycles. The van der Waals surface area contributed by atoms with Gasteiger partial charge >= 0.3 is 11.9 Å². The number of alkyl halides is 2. The first kappa shape index (κ1) is 19.1. The van der Waals surface area contributed by atoms with Crippen molar-refractivity contribution in [2.24, 2.45) is 0 Å². The lowest BCUT2D eigenvalue weighted by atomic mass is 9.99. The summed E-state index contributed by atoms with van der Waals surface area (Å²) in [5.41, 5.74) is 1.38. The van der Waals surface area contributed by atoms with Gasteiger partial charge in [-0.15, -0.1) is 0 Å². The van der Waals surface area contributed by atoms with E-state index in [1.807, 2.05) is 0 Å². The van der Waals surface area contributed by atoms with E-state index in [0.29, 0.717) is 22.3 Å². The first-order valence-electron chi connectivity index (χ1n) is 8.74. The van der Waals surface area contributed by atoms with Crippen molar-refractivity contribution in [3.05, 3.63) is 94.4 Å². The van der Waals surface area contributed by atoms with E-state index in [-0.39, 0.29) is 21.8 Å². The minimum atomic E-state index is -3.37. The number of benzene rings is 2. The molecule has 146 valence electrons. The molecule has 2 aromatic heterocycles. The highest BCUT2D eigenvalue weighted by molar-refractivity contribution is 6.31. The number of halogens is 3. The van der Waals surface area contributed by atoms with Crippen LogP contribution in [0.4, 0.5) is 8.78 Å². The van der Waals surface area contributed by atoms with Gasteiger partial charge in [-0.25, -0.2) is 9.78 Å². The van der Waals surface area contributed by atoms with Crippen LogP contribution in [0.3, 0.4) is 0 Å². The zero-order valence-electron chi connectivity index (χ0n) is 15.2. The standard InChI is InChI=1S/C22H15ClF2N2O2/c1-13-4-2-5-17(23)19(13)22(24,25)18-12-16(20-26-10-3-11-27(18)20)14-6-8-15(9-7-14)21(28)29/h2-12H,1H3,(H,28,29). The van der Waals surface area contributed by atoms with Crippen LogP contribution in [0.15, 0.2) is 67.0 Å². The molecule has 0 aliphatic heterocycles. The average molecular weight is 413 g/mol. The van der Waals surface area contributed by atoms with Gasteiger partial charge in [0, 0.05) is 23.5 Å². The van der Waals surface area contributed by atoms with Crippen molar-refractivity contribution >= 4 is 23.2 Å². The molecule has 2 aromatic carbocycles. The Bertz CT molecular complexity index is 1210. The third kappa shape index (κ3) is 3.15. The zero-order valence-corrected chi connectivity index (χ0v) is 16.0. The maximum atomic E-state index is 15.6. The minimum Gasteiger partial charge on any atom is -0.478 e. The average Bonchev–Trinajstić information content (AvgIpc) is 3.08. The number of aromatic nitrogens is 2. The van der Waals surface area contributed by atoms with Crippen molar-refractivity contribution in [1.29, 1.82) is 0 Å². The third-order valence-electron chi connectivity index (χ3n) is 4.83. The first-order valence-corrected chi connectivity index (χ1v) is 9.12. The van der Waals surface area contributed by atoms with Crippen molar-refractivity contribution in [3.63, 3.8) is 0 Å². The van der Waals surface area contributed by atoms with Crippen LogP contribution >= 0.6 is 11.6 Å². The minimum absolute atomic E-state index is 0.0128. The van der Waals surface area contributed by atoms with E-state index in [0.717, 1.165) is 0 Å². The summed E-state index contributed by atoms with van der Waals surface area (Å²) in [5.74, 6) is -4.42. The molecule has 0 unspecified atom stereocenters. The number of fused-ring (bicyclic) bond motifs is 1. The molecule has 0 aliphatic carbocycles. The zero-order chi connectivity index (χ0) is 20.8. The van der Waals surface area contributed by atoms with Gasteiger partial charge in [0.1, 0.15) is 5.65 Å². The topological polar surface area (TPSA) is 54.6 Å². The van der Waals surface area contributed by atoms with Crippen molar-refractivity contribution in [2.45, 2.75) is 12.8 Å². The molecule has 4 nitrogen and oxygen atoms in total. The fourth-order valence-electron chi connectivity index (χ4n) is 3.44. The lowest BCUT2D eigenvalue weighted by molar-refractivity contribution is 0.0366. The number of carboxylic acid groups (broad SMARTS) is 1. The SMILES string of the molecule is Cc1cccc(Cl)c1C(F)(F)c1cc(-c2ccc(C(=O)O)cc2)c2ncccn12. The molecule has 1 N–H and O–H groups in total. The fraction of sp³-hybridized carbons (Fsp3) is 0.0909. The molecule has 0 bridgehead atoms. The molecular formula is C22H15ClF2N2O2. The largest absolute Gasteiger partial charge is 0.478 e. The van der Waals surface area contributed by atoms with E-state index in [1.54, 1.807) is 37.3 Å². The van der Waals surface area contributed by atoms with Gasteiger partial charge in [0.15, 0.2) is 0 Å². The third-order valence-corrected chi connectivity index (χ3v) is 5.14. The van der Waals surface area contributed by atoms with Crippen LogP contribution in [-0.2, 0) is 5.92 Å². The summed E-state index contributed by atoms with van der Waals surface area (Å²) >= 11 is 6.13. The van der Waals surface area contributed by atoms with Crippen LogP contribution in [0, 0.1) is 6.92 Å². The Hall–Kier alpha value is -3.25. The normalized spacial score (nSPS) is 11.7. The van der Waals surface area contributed by atoms with Gasteiger partial charge in [-0.2, -0.15) is 8.78 Å². The smallest absolute Gasteiger partial charge is 0.335 e. The molecule has 29 heavy (non-hydrogen) atoms. The maximum Gasteiger partial charge on any atom is 0.335 e. The van der Waals surface area contributed by atoms with Crippen molar-refractivity contribution in [3.8, 4) is 11.1 Å². The van der Waals surface area contributed by atoms with Gasteiger partial charge in [0.2, 0.25) is 0 Å². The molecule has 0 amide bonds. The number of carbonyl (C=O) groups is 1. The summed E-state index contributed by atoms with van der Waals surface area (Å²) in [6.45, 7) is 1.59. The van der Waals surface area contributed by atoms with Crippen molar-refractivity contribution in [1.82, 2.24) is 9.38 Å². The molecule has 4 rings (SSSR count). The summed E-state index contributed by atoms with van der Waals surface area (Å²) in [6, 6.07) is 13.6.